The molecule has 1 saturated heterocycles. The molecule has 1 heterocycles. The number of Topliss-reactive ketones (excluding diaryl/α,β-unsaturated/α-hetero) is 1. The molecule has 1 aromatic carbocycles. The summed E-state index contributed by atoms with van der Waals surface area (Å²) >= 11 is 2.21. The van der Waals surface area contributed by atoms with E-state index in [1.807, 2.05) is 36.1 Å². The third-order valence-electron chi connectivity index (χ3n) is 3.55. The quantitative estimate of drug-likeness (QED) is 0.637. The maximum Gasteiger partial charge on any atom is 0.223 e. The van der Waals surface area contributed by atoms with Crippen molar-refractivity contribution in [1.82, 2.24) is 10.2 Å². The van der Waals surface area contributed by atoms with Crippen molar-refractivity contribution in [1.29, 1.82) is 0 Å². The first-order chi connectivity index (χ1) is 9.58. The molecule has 2 rings (SSSR count). The lowest BCUT2D eigenvalue weighted by atomic mass is 10.1. The average Bonchev–Trinajstić information content (AvgIpc) is 2.45. The molecule has 0 radical (unpaired) electrons. The fraction of sp³-hybridized carbons (Fsp3) is 0.467. The first-order valence-electron chi connectivity index (χ1n) is 6.87. The van der Waals surface area contributed by atoms with Crippen molar-refractivity contribution in [3.8, 4) is 0 Å². The topological polar surface area (TPSA) is 49.4 Å². The van der Waals surface area contributed by atoms with E-state index in [-0.39, 0.29) is 24.2 Å². The van der Waals surface area contributed by atoms with Crippen LogP contribution in [-0.4, -0.2) is 42.3 Å². The molecule has 108 valence electrons. The Bertz CT molecular complexity index is 487. The van der Waals surface area contributed by atoms with Gasteiger partial charge in [-0.2, -0.15) is 0 Å². The molecule has 0 aromatic heterocycles. The van der Waals surface area contributed by atoms with Gasteiger partial charge in [-0.05, 0) is 41.6 Å². The number of nitrogens with zero attached hydrogens (tertiary/aromatic N) is 1. The predicted octanol–water partition coefficient (Wildman–Crippen LogP) is 2.07. The molecule has 20 heavy (non-hydrogen) atoms. The van der Waals surface area contributed by atoms with Crippen LogP contribution in [0.3, 0.4) is 0 Å². The Labute approximate surface area is 133 Å². The van der Waals surface area contributed by atoms with Crippen LogP contribution in [0.2, 0.25) is 0 Å². The number of ketones is 1. The molecular weight excluding hydrogens is 367 g/mol. The zero-order chi connectivity index (χ0) is 14.5. The molecule has 1 aliphatic heterocycles. The molecule has 1 aliphatic rings. The summed E-state index contributed by atoms with van der Waals surface area (Å²) in [4.78, 5) is 26.1. The lowest BCUT2D eigenvalue weighted by Gasteiger charge is -2.34. The minimum atomic E-state index is 0.0394. The molecule has 1 N–H and O–H groups in total. The van der Waals surface area contributed by atoms with Gasteiger partial charge in [0.2, 0.25) is 5.91 Å². The number of carbonyl (C=O) groups excluding carboxylic acids is 2. The fourth-order valence-electron chi connectivity index (χ4n) is 2.36. The number of piperazine rings is 1. The Kier molecular flexibility index (Phi) is 5.54. The number of amides is 1. The molecule has 1 amide bonds. The van der Waals surface area contributed by atoms with Gasteiger partial charge in [0.25, 0.3) is 0 Å². The van der Waals surface area contributed by atoms with Gasteiger partial charge >= 0.3 is 0 Å². The number of rotatable bonds is 4. The zero-order valence-electron chi connectivity index (χ0n) is 11.6. The first-order valence-corrected chi connectivity index (χ1v) is 7.95. The molecule has 1 atom stereocenters. The van der Waals surface area contributed by atoms with Gasteiger partial charge in [-0.25, -0.2) is 0 Å². The van der Waals surface area contributed by atoms with Gasteiger partial charge in [0, 0.05) is 47.7 Å². The summed E-state index contributed by atoms with van der Waals surface area (Å²) in [6, 6.07) is 7.68. The van der Waals surface area contributed by atoms with E-state index in [4.69, 9.17) is 0 Å². The van der Waals surface area contributed by atoms with E-state index in [2.05, 4.69) is 27.9 Å². The van der Waals surface area contributed by atoms with Gasteiger partial charge < -0.3 is 10.2 Å². The smallest absolute Gasteiger partial charge is 0.223 e. The van der Waals surface area contributed by atoms with Crippen molar-refractivity contribution >= 4 is 34.3 Å². The maximum absolute atomic E-state index is 12.1. The van der Waals surface area contributed by atoms with Crippen LogP contribution in [0.5, 0.6) is 0 Å². The standard InChI is InChI=1S/C15H19IN2O2/c1-11-10-17-8-9-18(11)15(20)7-6-14(19)12-2-4-13(16)5-3-12/h2-5,11,17H,6-10H2,1H3/t11-/m0/s1. The second-order valence-corrected chi connectivity index (χ2v) is 6.32. The fourth-order valence-corrected chi connectivity index (χ4v) is 2.72. The van der Waals surface area contributed by atoms with Crippen molar-refractivity contribution < 1.29 is 9.59 Å². The van der Waals surface area contributed by atoms with Crippen LogP contribution < -0.4 is 5.32 Å². The summed E-state index contributed by atoms with van der Waals surface area (Å²) in [5, 5.41) is 3.25. The summed E-state index contributed by atoms with van der Waals surface area (Å²) in [6.07, 6.45) is 0.589. The molecule has 4 nitrogen and oxygen atoms in total. The van der Waals surface area contributed by atoms with Crippen LogP contribution in [0.1, 0.15) is 30.1 Å². The Morgan fingerprint density at radius 3 is 2.65 bits per heavy atom. The monoisotopic (exact) mass is 386 g/mol. The summed E-state index contributed by atoms with van der Waals surface area (Å²) in [5.41, 5.74) is 0.687. The number of hydrogen-bond donors (Lipinski definition) is 1. The second kappa shape index (κ2) is 7.17. The van der Waals surface area contributed by atoms with Crippen LogP contribution in [-0.2, 0) is 4.79 Å². The van der Waals surface area contributed by atoms with Crippen molar-refractivity contribution in [2.75, 3.05) is 19.6 Å². The van der Waals surface area contributed by atoms with E-state index in [9.17, 15) is 9.59 Å². The molecule has 0 spiro atoms. The van der Waals surface area contributed by atoms with E-state index in [0.717, 1.165) is 23.2 Å². The second-order valence-electron chi connectivity index (χ2n) is 5.07. The molecule has 0 saturated carbocycles. The van der Waals surface area contributed by atoms with Gasteiger partial charge in [-0.1, -0.05) is 12.1 Å². The summed E-state index contributed by atoms with van der Waals surface area (Å²) < 4.78 is 1.10. The van der Waals surface area contributed by atoms with Gasteiger partial charge in [0.15, 0.2) is 5.78 Å². The highest BCUT2D eigenvalue weighted by Gasteiger charge is 2.23. The van der Waals surface area contributed by atoms with Crippen molar-refractivity contribution in [3.63, 3.8) is 0 Å². The predicted molar refractivity (Wildman–Crippen MR) is 86.8 cm³/mol. The maximum atomic E-state index is 12.1. The van der Waals surface area contributed by atoms with Gasteiger partial charge in [-0.15, -0.1) is 0 Å². The molecule has 0 aliphatic carbocycles. The highest BCUT2D eigenvalue weighted by Crippen LogP contribution is 2.12. The normalized spacial score (nSPS) is 18.9. The van der Waals surface area contributed by atoms with Crippen LogP contribution in [0.25, 0.3) is 0 Å². The van der Waals surface area contributed by atoms with E-state index < -0.39 is 0 Å². The average molecular weight is 386 g/mol. The molecule has 1 aromatic rings. The largest absolute Gasteiger partial charge is 0.337 e. The highest BCUT2D eigenvalue weighted by molar-refractivity contribution is 14.1. The van der Waals surface area contributed by atoms with E-state index in [1.165, 1.54) is 0 Å². The van der Waals surface area contributed by atoms with Gasteiger partial charge in [-0.3, -0.25) is 9.59 Å². The molecule has 5 heteroatoms. The minimum Gasteiger partial charge on any atom is -0.337 e. The van der Waals surface area contributed by atoms with E-state index in [0.29, 0.717) is 12.0 Å². The van der Waals surface area contributed by atoms with Crippen LogP contribution in [0.15, 0.2) is 24.3 Å². The van der Waals surface area contributed by atoms with Crippen LogP contribution >= 0.6 is 22.6 Å². The van der Waals surface area contributed by atoms with Crippen molar-refractivity contribution in [3.05, 3.63) is 33.4 Å². The molecule has 0 unspecified atom stereocenters. The Hall–Kier alpha value is -0.950. The number of nitrogens with one attached hydrogen (secondary N) is 1. The third kappa shape index (κ3) is 4.02. The SMILES string of the molecule is C[C@H]1CNCCN1C(=O)CCC(=O)c1ccc(I)cc1. The number of halogens is 1. The number of carbonyl (C=O) groups is 2. The van der Waals surface area contributed by atoms with E-state index in [1.54, 1.807) is 0 Å². The van der Waals surface area contributed by atoms with Crippen molar-refractivity contribution in [2.45, 2.75) is 25.8 Å². The van der Waals surface area contributed by atoms with E-state index >= 15 is 0 Å². The molecular formula is C15H19IN2O2. The number of hydrogen-bond acceptors (Lipinski definition) is 3. The van der Waals surface area contributed by atoms with Crippen molar-refractivity contribution in [2.24, 2.45) is 0 Å². The van der Waals surface area contributed by atoms with Gasteiger partial charge in [0.05, 0.1) is 0 Å². The van der Waals surface area contributed by atoms with Gasteiger partial charge in [0.1, 0.15) is 0 Å². The third-order valence-corrected chi connectivity index (χ3v) is 4.27. The zero-order valence-corrected chi connectivity index (χ0v) is 13.7. The summed E-state index contributed by atoms with van der Waals surface area (Å²) in [6.45, 7) is 4.43. The number of benzene rings is 1. The molecule has 1 fully saturated rings. The lowest BCUT2D eigenvalue weighted by Crippen LogP contribution is -2.52. The summed E-state index contributed by atoms with van der Waals surface area (Å²) in [7, 11) is 0. The Balaban J connectivity index is 1.86. The van der Waals surface area contributed by atoms with Crippen LogP contribution in [0.4, 0.5) is 0 Å². The lowest BCUT2D eigenvalue weighted by molar-refractivity contribution is -0.133. The minimum absolute atomic E-state index is 0.0394. The Morgan fingerprint density at radius 2 is 2.00 bits per heavy atom. The highest BCUT2D eigenvalue weighted by atomic mass is 127. The first kappa shape index (κ1) is 15.4. The summed E-state index contributed by atoms with van der Waals surface area (Å²) in [5.74, 6) is 0.121. The van der Waals surface area contributed by atoms with Crippen LogP contribution in [0, 0.1) is 3.57 Å². The Morgan fingerprint density at radius 1 is 1.30 bits per heavy atom. The molecule has 0 bridgehead atoms.